The first-order valence-electron chi connectivity index (χ1n) is 5.99. The van der Waals surface area contributed by atoms with E-state index in [-0.39, 0.29) is 0 Å². The van der Waals surface area contributed by atoms with E-state index in [1.807, 2.05) is 60.7 Å². The molecule has 0 aromatic heterocycles. The largest absolute Gasteiger partial charge is 0.496 e. The lowest BCUT2D eigenvalue weighted by atomic mass is 10.1. The Morgan fingerprint density at radius 3 is 2.22 bits per heavy atom. The van der Waals surface area contributed by atoms with Gasteiger partial charge in [0.15, 0.2) is 0 Å². The molecule has 0 radical (unpaired) electrons. The Kier molecular flexibility index (Phi) is 4.82. The Balaban J connectivity index is 2.23. The van der Waals surface area contributed by atoms with Crippen molar-refractivity contribution in [2.75, 3.05) is 0 Å². The van der Waals surface area contributed by atoms with E-state index < -0.39 is 0 Å². The molecule has 0 saturated carbocycles. The molecule has 1 aromatic carbocycles. The van der Waals surface area contributed by atoms with Crippen molar-refractivity contribution < 1.29 is 4.74 Å². The van der Waals surface area contributed by atoms with Gasteiger partial charge in [-0.05, 0) is 17.2 Å². The molecule has 2 rings (SSSR count). The molecule has 1 nitrogen and oxygen atoms in total. The van der Waals surface area contributed by atoms with E-state index in [9.17, 15) is 0 Å². The van der Waals surface area contributed by atoms with Crippen LogP contribution in [0.1, 0.15) is 11.1 Å². The van der Waals surface area contributed by atoms with Gasteiger partial charge in [0.25, 0.3) is 0 Å². The summed E-state index contributed by atoms with van der Waals surface area (Å²) in [6.07, 6.45) is 19.6. The first-order valence-corrected chi connectivity index (χ1v) is 5.99. The van der Waals surface area contributed by atoms with Crippen molar-refractivity contribution in [3.63, 3.8) is 0 Å². The molecule has 0 atom stereocenters. The summed E-state index contributed by atoms with van der Waals surface area (Å²) in [5, 5.41) is 0. The molecule has 0 bridgehead atoms. The van der Waals surface area contributed by atoms with Crippen LogP contribution in [0, 0.1) is 0 Å². The van der Waals surface area contributed by atoms with E-state index in [1.54, 1.807) is 6.26 Å². The number of benzene rings is 1. The molecule has 0 saturated heterocycles. The van der Waals surface area contributed by atoms with Crippen LogP contribution in [0.4, 0.5) is 0 Å². The van der Waals surface area contributed by atoms with Gasteiger partial charge >= 0.3 is 0 Å². The average molecular weight is 236 g/mol. The van der Waals surface area contributed by atoms with E-state index in [1.165, 1.54) is 11.1 Å². The monoisotopic (exact) mass is 236 g/mol. The van der Waals surface area contributed by atoms with E-state index in [2.05, 4.69) is 18.2 Å². The minimum absolute atomic E-state index is 0.588. The molecule has 18 heavy (non-hydrogen) atoms. The molecule has 90 valence electrons. The predicted molar refractivity (Wildman–Crippen MR) is 76.8 cm³/mol. The molecule has 0 amide bonds. The van der Waals surface area contributed by atoms with Gasteiger partial charge in [0, 0.05) is 0 Å². The maximum absolute atomic E-state index is 5.50. The van der Waals surface area contributed by atoms with Crippen LogP contribution in [0.15, 0.2) is 79.1 Å². The molecule has 1 aliphatic heterocycles. The smallest absolute Gasteiger partial charge is 0.113 e. The normalized spacial score (nSPS) is 14.9. The Morgan fingerprint density at radius 2 is 1.39 bits per heavy atom. The SMILES string of the molecule is C1=CC=CC=Cc2ccccc2COC=CC=C1. The molecule has 0 unspecified atom stereocenters. The second-order valence-corrected chi connectivity index (χ2v) is 3.85. The van der Waals surface area contributed by atoms with Gasteiger partial charge in [0.05, 0.1) is 6.26 Å². The lowest BCUT2D eigenvalue weighted by Gasteiger charge is -2.05. The summed E-state index contributed by atoms with van der Waals surface area (Å²) >= 11 is 0. The molecule has 1 aromatic rings. The van der Waals surface area contributed by atoms with Gasteiger partial charge in [-0.1, -0.05) is 72.9 Å². The summed E-state index contributed by atoms with van der Waals surface area (Å²) in [5.41, 5.74) is 2.37. The summed E-state index contributed by atoms with van der Waals surface area (Å²) < 4.78 is 5.50. The van der Waals surface area contributed by atoms with Crippen LogP contribution in [-0.2, 0) is 11.3 Å². The average Bonchev–Trinajstić information content (AvgIpc) is 2.41. The second kappa shape index (κ2) is 7.13. The van der Waals surface area contributed by atoms with Crippen LogP contribution in [0.2, 0.25) is 0 Å². The standard InChI is InChI=1S/C17H16O/c1-2-4-6-10-14-18-15-17-13-9-8-12-16(17)11-7-5-3-1/h1-14H,15H2. The van der Waals surface area contributed by atoms with Gasteiger partial charge in [-0.3, -0.25) is 0 Å². The molecular weight excluding hydrogens is 220 g/mol. The molecule has 0 aliphatic carbocycles. The highest BCUT2D eigenvalue weighted by molar-refractivity contribution is 5.55. The number of hydrogen-bond acceptors (Lipinski definition) is 1. The summed E-state index contributed by atoms with van der Waals surface area (Å²) in [5.74, 6) is 0. The van der Waals surface area contributed by atoms with Crippen molar-refractivity contribution in [3.05, 3.63) is 90.3 Å². The van der Waals surface area contributed by atoms with Gasteiger partial charge in [0.1, 0.15) is 6.61 Å². The van der Waals surface area contributed by atoms with Gasteiger partial charge in [-0.2, -0.15) is 0 Å². The van der Waals surface area contributed by atoms with Gasteiger partial charge in [0.2, 0.25) is 0 Å². The molecular formula is C17H16O. The topological polar surface area (TPSA) is 9.23 Å². The third kappa shape index (κ3) is 3.95. The van der Waals surface area contributed by atoms with E-state index in [4.69, 9.17) is 4.74 Å². The lowest BCUT2D eigenvalue weighted by Crippen LogP contribution is -1.90. The molecule has 1 heterocycles. The van der Waals surface area contributed by atoms with Crippen LogP contribution < -0.4 is 0 Å². The van der Waals surface area contributed by atoms with Crippen molar-refractivity contribution in [1.29, 1.82) is 0 Å². The van der Waals surface area contributed by atoms with Gasteiger partial charge < -0.3 is 4.74 Å². The first-order chi connectivity index (χ1) is 8.97. The Hall–Kier alpha value is -2.28. The molecule has 1 aliphatic rings. The zero-order valence-corrected chi connectivity index (χ0v) is 10.2. The quantitative estimate of drug-likeness (QED) is 0.648. The molecule has 0 spiro atoms. The van der Waals surface area contributed by atoms with Crippen LogP contribution in [-0.4, -0.2) is 0 Å². The van der Waals surface area contributed by atoms with Crippen molar-refractivity contribution >= 4 is 6.08 Å². The van der Waals surface area contributed by atoms with Crippen LogP contribution >= 0.6 is 0 Å². The fourth-order valence-corrected chi connectivity index (χ4v) is 1.61. The third-order valence-electron chi connectivity index (χ3n) is 2.52. The summed E-state index contributed by atoms with van der Waals surface area (Å²) in [6, 6.07) is 8.24. The van der Waals surface area contributed by atoms with Crippen LogP contribution in [0.3, 0.4) is 0 Å². The van der Waals surface area contributed by atoms with E-state index in [0.29, 0.717) is 6.61 Å². The molecule has 0 fully saturated rings. The fourth-order valence-electron chi connectivity index (χ4n) is 1.61. The maximum atomic E-state index is 5.50. The van der Waals surface area contributed by atoms with Crippen molar-refractivity contribution in [3.8, 4) is 0 Å². The minimum atomic E-state index is 0.588. The third-order valence-corrected chi connectivity index (χ3v) is 2.52. The zero-order valence-electron chi connectivity index (χ0n) is 10.2. The zero-order chi connectivity index (χ0) is 12.5. The van der Waals surface area contributed by atoms with E-state index in [0.717, 1.165) is 0 Å². The number of ether oxygens (including phenoxy) is 1. The molecule has 0 N–H and O–H groups in total. The fraction of sp³-hybridized carbons (Fsp3) is 0.0588. The van der Waals surface area contributed by atoms with Crippen molar-refractivity contribution in [1.82, 2.24) is 0 Å². The Morgan fingerprint density at radius 1 is 0.722 bits per heavy atom. The Bertz CT molecular complexity index is 516. The lowest BCUT2D eigenvalue weighted by molar-refractivity contribution is 0.236. The minimum Gasteiger partial charge on any atom is -0.496 e. The maximum Gasteiger partial charge on any atom is 0.113 e. The van der Waals surface area contributed by atoms with Crippen LogP contribution in [0.5, 0.6) is 0 Å². The van der Waals surface area contributed by atoms with E-state index >= 15 is 0 Å². The summed E-state index contributed by atoms with van der Waals surface area (Å²) in [7, 11) is 0. The van der Waals surface area contributed by atoms with Gasteiger partial charge in [-0.15, -0.1) is 0 Å². The number of hydrogen-bond donors (Lipinski definition) is 0. The predicted octanol–water partition coefficient (Wildman–Crippen LogP) is 4.41. The first kappa shape index (κ1) is 12.2. The van der Waals surface area contributed by atoms with Crippen molar-refractivity contribution in [2.45, 2.75) is 6.61 Å². The van der Waals surface area contributed by atoms with Crippen LogP contribution in [0.25, 0.3) is 6.08 Å². The number of allylic oxidation sites excluding steroid dienone is 8. The second-order valence-electron chi connectivity index (χ2n) is 3.85. The summed E-state index contributed by atoms with van der Waals surface area (Å²) in [4.78, 5) is 0. The van der Waals surface area contributed by atoms with Crippen molar-refractivity contribution in [2.24, 2.45) is 0 Å². The van der Waals surface area contributed by atoms with Gasteiger partial charge in [-0.25, -0.2) is 0 Å². The molecule has 1 heteroatoms. The highest BCUT2D eigenvalue weighted by Crippen LogP contribution is 2.12. The number of rotatable bonds is 0. The summed E-state index contributed by atoms with van der Waals surface area (Å²) in [6.45, 7) is 0.588. The Labute approximate surface area is 108 Å². The highest BCUT2D eigenvalue weighted by atomic mass is 16.5. The highest BCUT2D eigenvalue weighted by Gasteiger charge is 1.97. The number of fused-ring (bicyclic) bond motifs is 1.